The molecule has 1 aromatic heterocycles. The van der Waals surface area contributed by atoms with Crippen LogP contribution in [0.3, 0.4) is 0 Å². The second kappa shape index (κ2) is 9.55. The van der Waals surface area contributed by atoms with Crippen molar-refractivity contribution in [1.29, 1.82) is 0 Å². The third-order valence-electron chi connectivity index (χ3n) is 5.64. The molecule has 0 aromatic carbocycles. The minimum Gasteiger partial charge on any atom is -0.394 e. The van der Waals surface area contributed by atoms with E-state index in [4.69, 9.17) is 9.26 Å². The van der Waals surface area contributed by atoms with E-state index in [-0.39, 0.29) is 24.7 Å². The fraction of sp³-hybridized carbons (Fsp3) is 0.737. The van der Waals surface area contributed by atoms with E-state index in [2.05, 4.69) is 20.7 Å². The molecule has 0 saturated carbocycles. The Bertz CT molecular complexity index is 696. The predicted molar refractivity (Wildman–Crippen MR) is 106 cm³/mol. The molecule has 162 valence electrons. The summed E-state index contributed by atoms with van der Waals surface area (Å²) in [7, 11) is 2.05. The lowest BCUT2D eigenvalue weighted by molar-refractivity contribution is -0.141. The molecular weight excluding hydrogens is 378 g/mol. The van der Waals surface area contributed by atoms with Crippen molar-refractivity contribution < 1.29 is 24.0 Å². The summed E-state index contributed by atoms with van der Waals surface area (Å²) in [6, 6.07) is -0.742. The van der Waals surface area contributed by atoms with E-state index < -0.39 is 12.1 Å². The number of anilines is 1. The summed E-state index contributed by atoms with van der Waals surface area (Å²) in [5.41, 5.74) is 1.13. The number of piperazine rings is 1. The van der Waals surface area contributed by atoms with Crippen LogP contribution in [0.5, 0.6) is 0 Å². The lowest BCUT2D eigenvalue weighted by atomic mass is 9.97. The quantitative estimate of drug-likeness (QED) is 0.647. The maximum absolute atomic E-state index is 12.5. The molecule has 0 unspecified atom stereocenters. The van der Waals surface area contributed by atoms with E-state index in [9.17, 15) is 14.7 Å². The number of ether oxygens (including phenoxy) is 1. The highest BCUT2D eigenvalue weighted by molar-refractivity contribution is 5.90. The molecule has 0 bridgehead atoms. The van der Waals surface area contributed by atoms with Gasteiger partial charge in [-0.2, -0.15) is 0 Å². The highest BCUT2D eigenvalue weighted by Crippen LogP contribution is 2.24. The topological polar surface area (TPSA) is 120 Å². The SMILES string of the molecule is Cc1noc(C)c1NC(=O)N[C@H]1CC[C@@H](CC(=O)N2CCN(C)CC2)O[C@H]1CO. The number of carbonyl (C=O) groups is 2. The first kappa shape index (κ1) is 21.5. The minimum atomic E-state index is -0.551. The number of urea groups is 1. The molecule has 1 aromatic rings. The van der Waals surface area contributed by atoms with Crippen LogP contribution >= 0.6 is 0 Å². The molecule has 3 amide bonds. The van der Waals surface area contributed by atoms with Crippen molar-refractivity contribution in [2.75, 3.05) is 45.2 Å². The number of hydrogen-bond donors (Lipinski definition) is 3. The summed E-state index contributed by atoms with van der Waals surface area (Å²) in [4.78, 5) is 29.0. The zero-order valence-corrected chi connectivity index (χ0v) is 17.3. The van der Waals surface area contributed by atoms with E-state index in [1.54, 1.807) is 13.8 Å². The van der Waals surface area contributed by atoms with E-state index in [0.29, 0.717) is 36.4 Å². The van der Waals surface area contributed by atoms with Crippen LogP contribution in [0.4, 0.5) is 10.5 Å². The number of nitrogens with zero attached hydrogens (tertiary/aromatic N) is 3. The van der Waals surface area contributed by atoms with Crippen LogP contribution in [0.25, 0.3) is 0 Å². The van der Waals surface area contributed by atoms with Gasteiger partial charge >= 0.3 is 6.03 Å². The van der Waals surface area contributed by atoms with Gasteiger partial charge in [-0.25, -0.2) is 4.79 Å². The smallest absolute Gasteiger partial charge is 0.319 e. The van der Waals surface area contributed by atoms with E-state index in [1.807, 2.05) is 11.9 Å². The van der Waals surface area contributed by atoms with Crippen molar-refractivity contribution in [2.24, 2.45) is 0 Å². The highest BCUT2D eigenvalue weighted by Gasteiger charge is 2.34. The van der Waals surface area contributed by atoms with Crippen LogP contribution in [0, 0.1) is 13.8 Å². The summed E-state index contributed by atoms with van der Waals surface area (Å²) < 4.78 is 11.0. The molecule has 0 spiro atoms. The number of likely N-dealkylation sites (N-methyl/N-ethyl adjacent to an activating group) is 1. The van der Waals surface area contributed by atoms with Gasteiger partial charge < -0.3 is 34.8 Å². The first-order chi connectivity index (χ1) is 13.9. The molecule has 2 aliphatic heterocycles. The summed E-state index contributed by atoms with van der Waals surface area (Å²) in [5.74, 6) is 0.612. The lowest BCUT2D eigenvalue weighted by Gasteiger charge is -2.37. The number of aliphatic hydroxyl groups excluding tert-OH is 1. The molecule has 0 radical (unpaired) electrons. The first-order valence-electron chi connectivity index (χ1n) is 10.1. The molecule has 3 atom stereocenters. The Labute approximate surface area is 170 Å². The molecule has 29 heavy (non-hydrogen) atoms. The maximum atomic E-state index is 12.5. The summed E-state index contributed by atoms with van der Waals surface area (Å²) in [6.07, 6.45) is 0.776. The van der Waals surface area contributed by atoms with Gasteiger partial charge in [-0.3, -0.25) is 4.79 Å². The molecule has 10 heteroatoms. The largest absolute Gasteiger partial charge is 0.394 e. The van der Waals surface area contributed by atoms with Crippen LogP contribution < -0.4 is 10.6 Å². The van der Waals surface area contributed by atoms with Crippen molar-refractivity contribution in [1.82, 2.24) is 20.3 Å². The normalized spacial score (nSPS) is 25.7. The standard InChI is InChI=1S/C19H31N5O5/c1-12-18(13(2)29-22-12)21-19(27)20-15-5-4-14(28-16(15)11-25)10-17(26)24-8-6-23(3)7-9-24/h14-16,25H,4-11H2,1-3H3,(H2,20,21,27)/t14-,15-,16-/m0/s1. The Hall–Kier alpha value is -2.17. The molecule has 2 aliphatic rings. The van der Waals surface area contributed by atoms with Crippen LogP contribution in [0.1, 0.15) is 30.7 Å². The van der Waals surface area contributed by atoms with Crippen LogP contribution in [0.15, 0.2) is 4.52 Å². The van der Waals surface area contributed by atoms with Gasteiger partial charge in [0.2, 0.25) is 5.91 Å². The fourth-order valence-electron chi connectivity index (χ4n) is 3.81. The number of carbonyl (C=O) groups excluding carboxylic acids is 2. The molecule has 10 nitrogen and oxygen atoms in total. The van der Waals surface area contributed by atoms with Gasteiger partial charge in [-0.1, -0.05) is 5.16 Å². The van der Waals surface area contributed by atoms with Gasteiger partial charge in [0.05, 0.1) is 25.2 Å². The Balaban J connectivity index is 1.49. The second-order valence-corrected chi connectivity index (χ2v) is 7.85. The number of aryl methyl sites for hydroxylation is 2. The maximum Gasteiger partial charge on any atom is 0.319 e. The van der Waals surface area contributed by atoms with Gasteiger partial charge in [-0.15, -0.1) is 0 Å². The van der Waals surface area contributed by atoms with Crippen LogP contribution in [-0.2, 0) is 9.53 Å². The van der Waals surface area contributed by atoms with Gasteiger partial charge in [-0.05, 0) is 33.7 Å². The van der Waals surface area contributed by atoms with Gasteiger partial charge in [0, 0.05) is 26.2 Å². The zero-order chi connectivity index (χ0) is 21.0. The number of nitrogens with one attached hydrogen (secondary N) is 2. The second-order valence-electron chi connectivity index (χ2n) is 7.85. The lowest BCUT2D eigenvalue weighted by Crippen LogP contribution is -2.53. The van der Waals surface area contributed by atoms with E-state index in [1.165, 1.54) is 0 Å². The highest BCUT2D eigenvalue weighted by atomic mass is 16.5. The zero-order valence-electron chi connectivity index (χ0n) is 17.3. The molecule has 2 saturated heterocycles. The molecule has 3 N–H and O–H groups in total. The van der Waals surface area contributed by atoms with Crippen LogP contribution in [0.2, 0.25) is 0 Å². The van der Waals surface area contributed by atoms with Crippen molar-refractivity contribution in [3.8, 4) is 0 Å². The number of rotatable bonds is 5. The van der Waals surface area contributed by atoms with E-state index >= 15 is 0 Å². The van der Waals surface area contributed by atoms with Crippen molar-refractivity contribution in [2.45, 2.75) is 51.4 Å². The summed E-state index contributed by atoms with van der Waals surface area (Å²) in [6.45, 7) is 6.46. The van der Waals surface area contributed by atoms with Gasteiger partial charge in [0.1, 0.15) is 17.5 Å². The third-order valence-corrected chi connectivity index (χ3v) is 5.64. The van der Waals surface area contributed by atoms with Crippen molar-refractivity contribution in [3.63, 3.8) is 0 Å². The van der Waals surface area contributed by atoms with Gasteiger partial charge in [0.15, 0.2) is 5.76 Å². The molecule has 3 heterocycles. The summed E-state index contributed by atoms with van der Waals surface area (Å²) >= 11 is 0. The first-order valence-corrected chi connectivity index (χ1v) is 10.1. The Morgan fingerprint density at radius 3 is 2.55 bits per heavy atom. The third kappa shape index (κ3) is 5.46. The summed E-state index contributed by atoms with van der Waals surface area (Å²) in [5, 5.41) is 19.1. The number of aliphatic hydroxyl groups is 1. The number of amides is 3. The van der Waals surface area contributed by atoms with Crippen LogP contribution in [-0.4, -0.2) is 90.1 Å². The number of aromatic nitrogens is 1. The molecule has 2 fully saturated rings. The van der Waals surface area contributed by atoms with Gasteiger partial charge in [0.25, 0.3) is 0 Å². The fourth-order valence-corrected chi connectivity index (χ4v) is 3.81. The number of hydrogen-bond acceptors (Lipinski definition) is 7. The molecule has 3 rings (SSSR count). The average Bonchev–Trinajstić information content (AvgIpc) is 3.01. The molecular formula is C19H31N5O5. The van der Waals surface area contributed by atoms with E-state index in [0.717, 1.165) is 26.2 Å². The average molecular weight is 409 g/mol. The Kier molecular flexibility index (Phi) is 7.09. The molecule has 0 aliphatic carbocycles. The monoisotopic (exact) mass is 409 g/mol. The Morgan fingerprint density at radius 1 is 1.21 bits per heavy atom. The predicted octanol–water partition coefficient (Wildman–Crippen LogP) is 0.486. The van der Waals surface area contributed by atoms with Crippen molar-refractivity contribution >= 4 is 17.6 Å². The minimum absolute atomic E-state index is 0.0855. The van der Waals surface area contributed by atoms with Crippen molar-refractivity contribution in [3.05, 3.63) is 11.5 Å². The Morgan fingerprint density at radius 2 is 1.93 bits per heavy atom.